The average Bonchev–Trinajstić information content (AvgIpc) is 3.34. The molecule has 0 atom stereocenters. The minimum Gasteiger partial charge on any atom is -0.307 e. The molecular formula is C25H19BrCl2N6O. The largest absolute Gasteiger partial charge is 0.307 e. The van der Waals surface area contributed by atoms with Gasteiger partial charge in [-0.2, -0.15) is 10.2 Å². The summed E-state index contributed by atoms with van der Waals surface area (Å²) >= 11 is 15.7. The Morgan fingerprint density at radius 2 is 1.89 bits per heavy atom. The molecule has 0 unspecified atom stereocenters. The lowest BCUT2D eigenvalue weighted by Gasteiger charge is -2.06. The molecule has 7 nitrogen and oxygen atoms in total. The minimum atomic E-state index is -0.267. The quantitative estimate of drug-likeness (QED) is 0.258. The van der Waals surface area contributed by atoms with Gasteiger partial charge in [0.2, 0.25) is 5.91 Å². The fourth-order valence-corrected chi connectivity index (χ4v) is 4.83. The first-order valence-electron chi connectivity index (χ1n) is 10.7. The van der Waals surface area contributed by atoms with E-state index in [2.05, 4.69) is 36.4 Å². The van der Waals surface area contributed by atoms with Crippen LogP contribution in [0.4, 0.5) is 5.82 Å². The van der Waals surface area contributed by atoms with E-state index in [1.165, 1.54) is 0 Å². The fourth-order valence-electron chi connectivity index (χ4n) is 3.94. The normalized spacial score (nSPS) is 11.2. The number of hydrogen-bond acceptors (Lipinski definition) is 4. The highest BCUT2D eigenvalue weighted by Gasteiger charge is 2.17. The highest BCUT2D eigenvalue weighted by Crippen LogP contribution is 2.30. The summed E-state index contributed by atoms with van der Waals surface area (Å²) in [6.45, 7) is 2.35. The second-order valence-corrected chi connectivity index (χ2v) is 9.67. The molecule has 5 aromatic rings. The summed E-state index contributed by atoms with van der Waals surface area (Å²) in [5.74, 6) is 0.142. The maximum Gasteiger partial charge on any atom is 0.247 e. The summed E-state index contributed by atoms with van der Waals surface area (Å²) in [6, 6.07) is 17.3. The average molecular weight is 570 g/mol. The van der Waals surface area contributed by atoms with Crippen LogP contribution < -0.4 is 5.32 Å². The van der Waals surface area contributed by atoms with E-state index in [0.29, 0.717) is 32.5 Å². The topological polar surface area (TPSA) is 77.6 Å². The number of fused-ring (bicyclic) bond motifs is 1. The number of halogens is 3. The van der Waals surface area contributed by atoms with E-state index < -0.39 is 0 Å². The summed E-state index contributed by atoms with van der Waals surface area (Å²) in [6.07, 6.45) is 3.52. The van der Waals surface area contributed by atoms with Gasteiger partial charge in [-0.3, -0.25) is 9.48 Å². The van der Waals surface area contributed by atoms with Gasteiger partial charge >= 0.3 is 0 Å². The molecule has 0 spiro atoms. The first kappa shape index (κ1) is 23.5. The zero-order valence-corrected chi connectivity index (χ0v) is 21.6. The molecule has 3 aromatic heterocycles. The Kier molecular flexibility index (Phi) is 6.60. The van der Waals surface area contributed by atoms with Crippen molar-refractivity contribution in [3.63, 3.8) is 0 Å². The lowest BCUT2D eigenvalue weighted by atomic mass is 10.0. The third-order valence-electron chi connectivity index (χ3n) is 5.51. The van der Waals surface area contributed by atoms with Crippen molar-refractivity contribution in [1.82, 2.24) is 24.5 Å². The molecule has 3 heterocycles. The second kappa shape index (κ2) is 9.81. The number of aromatic nitrogens is 5. The molecule has 0 aliphatic heterocycles. The van der Waals surface area contributed by atoms with E-state index in [4.69, 9.17) is 23.2 Å². The molecule has 5 rings (SSSR count). The van der Waals surface area contributed by atoms with Crippen LogP contribution in [0.2, 0.25) is 10.0 Å². The summed E-state index contributed by atoms with van der Waals surface area (Å²) in [4.78, 5) is 17.4. The van der Waals surface area contributed by atoms with Crippen LogP contribution in [-0.4, -0.2) is 30.5 Å². The highest BCUT2D eigenvalue weighted by molar-refractivity contribution is 9.10. The number of anilines is 1. The van der Waals surface area contributed by atoms with Crippen molar-refractivity contribution >= 4 is 61.9 Å². The zero-order chi connectivity index (χ0) is 24.5. The maximum atomic E-state index is 12.9. The van der Waals surface area contributed by atoms with Crippen LogP contribution in [-0.2, 0) is 17.9 Å². The van der Waals surface area contributed by atoms with Crippen LogP contribution in [0.1, 0.15) is 11.3 Å². The van der Waals surface area contributed by atoms with Crippen LogP contribution in [0.5, 0.6) is 0 Å². The van der Waals surface area contributed by atoms with Gasteiger partial charge in [-0.1, -0.05) is 59.6 Å². The molecule has 0 saturated heterocycles. The van der Waals surface area contributed by atoms with Crippen LogP contribution in [0, 0.1) is 6.92 Å². The number of pyridine rings is 1. The van der Waals surface area contributed by atoms with Gasteiger partial charge in [0.1, 0.15) is 6.54 Å². The minimum absolute atomic E-state index is 0.00209. The summed E-state index contributed by atoms with van der Waals surface area (Å²) in [7, 11) is 0. The van der Waals surface area contributed by atoms with Crippen LogP contribution in [0.25, 0.3) is 22.2 Å². The molecule has 35 heavy (non-hydrogen) atoms. The molecule has 0 aliphatic rings. The predicted molar refractivity (Wildman–Crippen MR) is 142 cm³/mol. The molecule has 0 fully saturated rings. The van der Waals surface area contributed by atoms with Crippen molar-refractivity contribution in [2.24, 2.45) is 0 Å². The Morgan fingerprint density at radius 3 is 2.66 bits per heavy atom. The summed E-state index contributed by atoms with van der Waals surface area (Å²) < 4.78 is 3.96. The number of carbonyl (C=O) groups is 1. The Balaban J connectivity index is 1.35. The predicted octanol–water partition coefficient (Wildman–Crippen LogP) is 6.36. The van der Waals surface area contributed by atoms with E-state index in [9.17, 15) is 4.79 Å². The maximum absolute atomic E-state index is 12.9. The summed E-state index contributed by atoms with van der Waals surface area (Å²) in [5, 5.41) is 14.0. The zero-order valence-electron chi connectivity index (χ0n) is 18.5. The Morgan fingerprint density at radius 1 is 1.09 bits per heavy atom. The van der Waals surface area contributed by atoms with E-state index in [1.54, 1.807) is 33.9 Å². The van der Waals surface area contributed by atoms with Gasteiger partial charge in [-0.15, -0.1) is 0 Å². The molecule has 1 N–H and O–H groups in total. The molecule has 0 radical (unpaired) electrons. The molecule has 176 valence electrons. The van der Waals surface area contributed by atoms with Gasteiger partial charge in [0.15, 0.2) is 11.5 Å². The third-order valence-corrected chi connectivity index (χ3v) is 6.68. The number of nitrogens with zero attached hydrogens (tertiary/aromatic N) is 5. The third kappa shape index (κ3) is 4.96. The van der Waals surface area contributed by atoms with Gasteiger partial charge in [0.05, 0.1) is 16.7 Å². The van der Waals surface area contributed by atoms with Gasteiger partial charge in [0.25, 0.3) is 0 Å². The lowest BCUT2D eigenvalue weighted by Crippen LogP contribution is -2.20. The molecule has 1 amide bonds. The number of carbonyl (C=O) groups excluding carboxylic acids is 1. The standard InChI is InChI=1S/C25H19BrCl2N6O/c1-15-23-19(16-5-3-2-4-6-16)9-10-29-25(23)34(31-15)14-22(35)30-24-20(26)13-33(32-24)12-17-7-8-18(27)11-21(17)28/h2-11,13H,12,14H2,1H3,(H,30,32,35). The van der Waals surface area contributed by atoms with Gasteiger partial charge in [-0.05, 0) is 57.7 Å². The van der Waals surface area contributed by atoms with Crippen molar-refractivity contribution < 1.29 is 4.79 Å². The van der Waals surface area contributed by atoms with E-state index in [-0.39, 0.29) is 12.5 Å². The molecule has 0 saturated carbocycles. The first-order valence-corrected chi connectivity index (χ1v) is 12.3. The molecule has 0 bridgehead atoms. The Hall–Kier alpha value is -3.20. The highest BCUT2D eigenvalue weighted by atomic mass is 79.9. The molecular weight excluding hydrogens is 551 g/mol. The Labute approximate surface area is 219 Å². The van der Waals surface area contributed by atoms with Crippen molar-refractivity contribution in [3.05, 3.63) is 92.8 Å². The van der Waals surface area contributed by atoms with Crippen LogP contribution in [0.15, 0.2) is 71.5 Å². The molecule has 0 aliphatic carbocycles. The van der Waals surface area contributed by atoms with Crippen molar-refractivity contribution in [3.8, 4) is 11.1 Å². The van der Waals surface area contributed by atoms with E-state index >= 15 is 0 Å². The number of nitrogens with one attached hydrogen (secondary N) is 1. The fraction of sp³-hybridized carbons (Fsp3) is 0.120. The van der Waals surface area contributed by atoms with Gasteiger partial charge in [0, 0.05) is 27.8 Å². The Bertz CT molecular complexity index is 1550. The molecule has 10 heteroatoms. The number of rotatable bonds is 6. The van der Waals surface area contributed by atoms with Gasteiger partial charge in [-0.25, -0.2) is 9.67 Å². The van der Waals surface area contributed by atoms with Crippen LogP contribution in [0.3, 0.4) is 0 Å². The molecule has 2 aromatic carbocycles. The number of benzene rings is 2. The smallest absolute Gasteiger partial charge is 0.247 e. The summed E-state index contributed by atoms with van der Waals surface area (Å²) in [5.41, 5.74) is 4.43. The van der Waals surface area contributed by atoms with Crippen LogP contribution >= 0.6 is 39.1 Å². The van der Waals surface area contributed by atoms with Crippen molar-refractivity contribution in [2.75, 3.05) is 5.32 Å². The van der Waals surface area contributed by atoms with E-state index in [0.717, 1.165) is 27.8 Å². The number of amides is 1. The lowest BCUT2D eigenvalue weighted by molar-refractivity contribution is -0.116. The van der Waals surface area contributed by atoms with E-state index in [1.807, 2.05) is 49.4 Å². The van der Waals surface area contributed by atoms with Crippen molar-refractivity contribution in [2.45, 2.75) is 20.0 Å². The van der Waals surface area contributed by atoms with Gasteiger partial charge < -0.3 is 5.32 Å². The number of aryl methyl sites for hydroxylation is 1. The monoisotopic (exact) mass is 568 g/mol. The SMILES string of the molecule is Cc1nn(CC(=O)Nc2nn(Cc3ccc(Cl)cc3Cl)cc2Br)c2nccc(-c3ccccc3)c12. The second-order valence-electron chi connectivity index (χ2n) is 7.97. The number of hydrogen-bond donors (Lipinski definition) is 1. The first-order chi connectivity index (χ1) is 16.9. The van der Waals surface area contributed by atoms with Crippen molar-refractivity contribution in [1.29, 1.82) is 0 Å².